The van der Waals surface area contributed by atoms with E-state index in [1.54, 1.807) is 0 Å². The first-order valence-electron chi connectivity index (χ1n) is 6.16. The third-order valence-electron chi connectivity index (χ3n) is 3.19. The molecular formula is C13H20N4. The molecule has 0 bridgehead atoms. The highest BCUT2D eigenvalue weighted by atomic mass is 15.1. The molecule has 0 amide bonds. The standard InChI is InChI=1S/C13H20N4/c1-6-10-16-12-8(3)11(14-7-2)9(4)15-13(12)17(10)5/h14H,6-7H2,1-5H3. The summed E-state index contributed by atoms with van der Waals surface area (Å²) in [5, 5.41) is 3.37. The van der Waals surface area contributed by atoms with Gasteiger partial charge in [-0.2, -0.15) is 0 Å². The van der Waals surface area contributed by atoms with Crippen molar-refractivity contribution in [3.8, 4) is 0 Å². The number of nitrogens with zero attached hydrogens (tertiary/aromatic N) is 3. The lowest BCUT2D eigenvalue weighted by Gasteiger charge is -2.11. The molecule has 17 heavy (non-hydrogen) atoms. The van der Waals surface area contributed by atoms with Gasteiger partial charge in [0.15, 0.2) is 5.65 Å². The van der Waals surface area contributed by atoms with Crippen LogP contribution in [0.15, 0.2) is 0 Å². The molecule has 1 N–H and O–H groups in total. The average Bonchev–Trinajstić information content (AvgIpc) is 2.62. The van der Waals surface area contributed by atoms with Gasteiger partial charge < -0.3 is 9.88 Å². The predicted molar refractivity (Wildman–Crippen MR) is 71.5 cm³/mol. The van der Waals surface area contributed by atoms with Crippen molar-refractivity contribution in [1.82, 2.24) is 14.5 Å². The number of nitrogens with one attached hydrogen (secondary N) is 1. The van der Waals surface area contributed by atoms with E-state index in [2.05, 4.69) is 40.6 Å². The van der Waals surface area contributed by atoms with Crippen LogP contribution >= 0.6 is 0 Å². The first-order valence-corrected chi connectivity index (χ1v) is 6.16. The summed E-state index contributed by atoms with van der Waals surface area (Å²) in [6.07, 6.45) is 0.932. The van der Waals surface area contributed by atoms with Gasteiger partial charge >= 0.3 is 0 Å². The number of pyridine rings is 1. The lowest BCUT2D eigenvalue weighted by atomic mass is 10.2. The Morgan fingerprint density at radius 3 is 2.47 bits per heavy atom. The van der Waals surface area contributed by atoms with Crippen molar-refractivity contribution in [2.24, 2.45) is 7.05 Å². The molecule has 0 spiro atoms. The van der Waals surface area contributed by atoms with E-state index in [-0.39, 0.29) is 0 Å². The summed E-state index contributed by atoms with van der Waals surface area (Å²) in [5.74, 6) is 1.09. The zero-order chi connectivity index (χ0) is 12.6. The van der Waals surface area contributed by atoms with Gasteiger partial charge in [0.1, 0.15) is 11.3 Å². The first kappa shape index (κ1) is 11.9. The molecule has 0 radical (unpaired) electrons. The van der Waals surface area contributed by atoms with Crippen molar-refractivity contribution < 1.29 is 0 Å². The van der Waals surface area contributed by atoms with Crippen molar-refractivity contribution in [1.29, 1.82) is 0 Å². The molecule has 2 aromatic heterocycles. The lowest BCUT2D eigenvalue weighted by molar-refractivity contribution is 0.820. The topological polar surface area (TPSA) is 42.7 Å². The summed E-state index contributed by atoms with van der Waals surface area (Å²) in [6, 6.07) is 0. The molecule has 0 saturated carbocycles. The van der Waals surface area contributed by atoms with E-state index >= 15 is 0 Å². The monoisotopic (exact) mass is 232 g/mol. The van der Waals surface area contributed by atoms with E-state index in [0.29, 0.717) is 0 Å². The molecule has 92 valence electrons. The number of rotatable bonds is 3. The van der Waals surface area contributed by atoms with Crippen LogP contribution in [-0.2, 0) is 13.5 Å². The summed E-state index contributed by atoms with van der Waals surface area (Å²) in [4.78, 5) is 9.34. The van der Waals surface area contributed by atoms with Crippen LogP contribution in [0.25, 0.3) is 11.2 Å². The quantitative estimate of drug-likeness (QED) is 0.884. The highest BCUT2D eigenvalue weighted by Gasteiger charge is 2.14. The van der Waals surface area contributed by atoms with E-state index < -0.39 is 0 Å². The number of hydrogen-bond acceptors (Lipinski definition) is 3. The highest BCUT2D eigenvalue weighted by molar-refractivity contribution is 5.82. The molecule has 4 heteroatoms. The van der Waals surface area contributed by atoms with Gasteiger partial charge in [0.05, 0.1) is 11.4 Å². The van der Waals surface area contributed by atoms with Gasteiger partial charge in [-0.1, -0.05) is 6.92 Å². The van der Waals surface area contributed by atoms with Crippen LogP contribution in [0.2, 0.25) is 0 Å². The predicted octanol–water partition coefficient (Wildman–Crippen LogP) is 2.58. The van der Waals surface area contributed by atoms with Crippen molar-refractivity contribution in [2.75, 3.05) is 11.9 Å². The molecule has 4 nitrogen and oxygen atoms in total. The highest BCUT2D eigenvalue weighted by Crippen LogP contribution is 2.26. The Hall–Kier alpha value is -1.58. The van der Waals surface area contributed by atoms with Crippen LogP contribution in [0.3, 0.4) is 0 Å². The van der Waals surface area contributed by atoms with Crippen molar-refractivity contribution in [3.63, 3.8) is 0 Å². The van der Waals surface area contributed by atoms with Crippen molar-refractivity contribution in [3.05, 3.63) is 17.1 Å². The minimum absolute atomic E-state index is 0.905. The maximum absolute atomic E-state index is 4.67. The van der Waals surface area contributed by atoms with Gasteiger partial charge in [0.2, 0.25) is 0 Å². The van der Waals surface area contributed by atoms with Crippen LogP contribution in [-0.4, -0.2) is 21.1 Å². The van der Waals surface area contributed by atoms with Crippen LogP contribution < -0.4 is 5.32 Å². The SMILES string of the molecule is CCNc1c(C)nc2c(nc(CC)n2C)c1C. The third-order valence-corrected chi connectivity index (χ3v) is 3.19. The van der Waals surface area contributed by atoms with Gasteiger partial charge in [0.25, 0.3) is 0 Å². The second kappa shape index (κ2) is 4.35. The molecule has 0 atom stereocenters. The second-order valence-electron chi connectivity index (χ2n) is 4.34. The fraction of sp³-hybridized carbons (Fsp3) is 0.538. The van der Waals surface area contributed by atoms with Crippen LogP contribution in [0.5, 0.6) is 0 Å². The van der Waals surface area contributed by atoms with E-state index in [1.165, 1.54) is 5.56 Å². The molecule has 0 aliphatic heterocycles. The van der Waals surface area contributed by atoms with Gasteiger partial charge in [-0.15, -0.1) is 0 Å². The zero-order valence-corrected chi connectivity index (χ0v) is 11.3. The molecule has 0 saturated heterocycles. The van der Waals surface area contributed by atoms with Gasteiger partial charge in [-0.05, 0) is 20.8 Å². The Bertz CT molecular complexity index is 554. The number of fused-ring (bicyclic) bond motifs is 1. The smallest absolute Gasteiger partial charge is 0.160 e. The average molecular weight is 232 g/mol. The van der Waals surface area contributed by atoms with Gasteiger partial charge in [0, 0.05) is 25.6 Å². The molecule has 2 rings (SSSR count). The number of hydrogen-bond donors (Lipinski definition) is 1. The number of aryl methyl sites for hydroxylation is 4. The Morgan fingerprint density at radius 2 is 1.88 bits per heavy atom. The van der Waals surface area contributed by atoms with Crippen molar-refractivity contribution in [2.45, 2.75) is 34.1 Å². The number of anilines is 1. The molecule has 0 aliphatic rings. The van der Waals surface area contributed by atoms with E-state index in [4.69, 9.17) is 0 Å². The van der Waals surface area contributed by atoms with E-state index in [9.17, 15) is 0 Å². The first-order chi connectivity index (χ1) is 8.10. The maximum Gasteiger partial charge on any atom is 0.160 e. The van der Waals surface area contributed by atoms with Crippen molar-refractivity contribution >= 4 is 16.9 Å². The van der Waals surface area contributed by atoms with Gasteiger partial charge in [-0.3, -0.25) is 0 Å². The third kappa shape index (κ3) is 1.77. The Labute approximate surface area is 102 Å². The van der Waals surface area contributed by atoms with Crippen LogP contribution in [0.1, 0.15) is 30.9 Å². The fourth-order valence-electron chi connectivity index (χ4n) is 2.27. The normalized spacial score (nSPS) is 11.1. The summed E-state index contributed by atoms with van der Waals surface area (Å²) >= 11 is 0. The van der Waals surface area contributed by atoms with Gasteiger partial charge in [-0.25, -0.2) is 9.97 Å². The summed E-state index contributed by atoms with van der Waals surface area (Å²) < 4.78 is 2.09. The molecular weight excluding hydrogens is 212 g/mol. The largest absolute Gasteiger partial charge is 0.384 e. The minimum Gasteiger partial charge on any atom is -0.384 e. The fourth-order valence-corrected chi connectivity index (χ4v) is 2.27. The van der Waals surface area contributed by atoms with Crippen LogP contribution in [0, 0.1) is 13.8 Å². The van der Waals surface area contributed by atoms with Crippen LogP contribution in [0.4, 0.5) is 5.69 Å². The Balaban J connectivity index is 2.75. The van der Waals surface area contributed by atoms with E-state index in [1.807, 2.05) is 14.0 Å². The molecule has 2 heterocycles. The second-order valence-corrected chi connectivity index (χ2v) is 4.34. The molecule has 2 aromatic rings. The molecule has 0 aliphatic carbocycles. The molecule has 0 fully saturated rings. The Morgan fingerprint density at radius 1 is 1.18 bits per heavy atom. The maximum atomic E-state index is 4.67. The number of imidazole rings is 1. The minimum atomic E-state index is 0.905. The summed E-state index contributed by atoms with van der Waals surface area (Å²) in [5.41, 5.74) is 5.37. The molecule has 0 unspecified atom stereocenters. The zero-order valence-electron chi connectivity index (χ0n) is 11.3. The summed E-state index contributed by atoms with van der Waals surface area (Å²) in [6.45, 7) is 9.28. The number of aromatic nitrogens is 3. The summed E-state index contributed by atoms with van der Waals surface area (Å²) in [7, 11) is 2.03. The van der Waals surface area contributed by atoms with E-state index in [0.717, 1.165) is 41.3 Å². The Kier molecular flexibility index (Phi) is 3.05. The molecule has 0 aromatic carbocycles. The lowest BCUT2D eigenvalue weighted by Crippen LogP contribution is -2.04.